The first-order valence-corrected chi connectivity index (χ1v) is 6.83. The summed E-state index contributed by atoms with van der Waals surface area (Å²) in [4.78, 5) is 0. The highest BCUT2D eigenvalue weighted by molar-refractivity contribution is 14.1. The van der Waals surface area contributed by atoms with Gasteiger partial charge in [-0.05, 0) is 29.4 Å². The van der Waals surface area contributed by atoms with E-state index in [-0.39, 0.29) is 11.8 Å². The predicted octanol–water partition coefficient (Wildman–Crippen LogP) is 3.27. The maximum Gasteiger partial charge on any atom is 0.202 e. The van der Waals surface area contributed by atoms with E-state index in [0.717, 1.165) is 28.0 Å². The lowest BCUT2D eigenvalue weighted by Gasteiger charge is -2.05. The number of hydrogen-bond acceptors (Lipinski definition) is 2. The summed E-state index contributed by atoms with van der Waals surface area (Å²) in [5, 5.41) is 21.4. The van der Waals surface area contributed by atoms with Crippen LogP contribution in [0.4, 0.5) is 0 Å². The molecule has 2 aromatic rings. The van der Waals surface area contributed by atoms with Crippen molar-refractivity contribution in [3.8, 4) is 11.8 Å². The molecule has 0 atom stereocenters. The molecular weight excluding hydrogens is 317 g/mol. The van der Waals surface area contributed by atoms with Crippen LogP contribution in [0.2, 0.25) is 0 Å². The Labute approximate surface area is 108 Å². The van der Waals surface area contributed by atoms with Gasteiger partial charge in [-0.2, -0.15) is 0 Å². The predicted molar refractivity (Wildman–Crippen MR) is 73.4 cm³/mol. The lowest BCUT2D eigenvalue weighted by atomic mass is 10.2. The number of alkyl halides is 1. The van der Waals surface area contributed by atoms with Crippen LogP contribution >= 0.6 is 22.6 Å². The van der Waals surface area contributed by atoms with Gasteiger partial charge in [0.05, 0.1) is 0 Å². The lowest BCUT2D eigenvalue weighted by Crippen LogP contribution is -1.96. The Morgan fingerprint density at radius 1 is 1.00 bits per heavy atom. The molecule has 0 saturated heterocycles. The molecule has 0 aliphatic rings. The fourth-order valence-corrected chi connectivity index (χ4v) is 2.38. The molecule has 0 amide bonds. The molecule has 0 fully saturated rings. The van der Waals surface area contributed by atoms with Crippen LogP contribution in [0.25, 0.3) is 10.8 Å². The van der Waals surface area contributed by atoms with Gasteiger partial charge in [0.1, 0.15) is 0 Å². The van der Waals surface area contributed by atoms with Crippen molar-refractivity contribution in [2.75, 3.05) is 4.43 Å². The van der Waals surface area contributed by atoms with Gasteiger partial charge >= 0.3 is 0 Å². The summed E-state index contributed by atoms with van der Waals surface area (Å²) in [5.41, 5.74) is 0. The first kappa shape index (κ1) is 11.6. The molecule has 86 valence electrons. The maximum absolute atomic E-state index is 9.97. The second-order valence-electron chi connectivity index (χ2n) is 3.74. The highest BCUT2D eigenvalue weighted by Crippen LogP contribution is 2.35. The minimum atomic E-state index is 0.168. The third-order valence-corrected chi connectivity index (χ3v) is 3.45. The Bertz CT molecular complexity index is 454. The summed E-state index contributed by atoms with van der Waals surface area (Å²) in [5.74, 6) is 0.336. The van der Waals surface area contributed by atoms with Crippen molar-refractivity contribution in [3.63, 3.8) is 0 Å². The Balaban J connectivity index is 2.37. The number of benzene rings is 1. The van der Waals surface area contributed by atoms with Gasteiger partial charge in [-0.1, -0.05) is 34.7 Å². The van der Waals surface area contributed by atoms with E-state index in [1.807, 2.05) is 24.3 Å². The molecule has 0 spiro atoms. The van der Waals surface area contributed by atoms with E-state index in [1.165, 1.54) is 0 Å². The smallest absolute Gasteiger partial charge is 0.202 e. The van der Waals surface area contributed by atoms with Crippen LogP contribution in [0.1, 0.15) is 12.8 Å². The second kappa shape index (κ2) is 4.95. The van der Waals surface area contributed by atoms with Crippen molar-refractivity contribution in [1.29, 1.82) is 0 Å². The zero-order valence-electron chi connectivity index (χ0n) is 8.86. The molecule has 1 aromatic heterocycles. The maximum atomic E-state index is 9.97. The highest BCUT2D eigenvalue weighted by atomic mass is 127. The molecule has 1 aromatic carbocycles. The van der Waals surface area contributed by atoms with Crippen molar-refractivity contribution >= 4 is 33.4 Å². The number of rotatable bonds is 4. The van der Waals surface area contributed by atoms with Gasteiger partial charge in [-0.15, -0.1) is 0 Å². The van der Waals surface area contributed by atoms with Gasteiger partial charge in [0, 0.05) is 17.3 Å². The van der Waals surface area contributed by atoms with Crippen molar-refractivity contribution in [1.82, 2.24) is 4.57 Å². The molecule has 0 saturated carbocycles. The number of fused-ring (bicyclic) bond motifs is 1. The molecule has 0 aliphatic heterocycles. The molecule has 2 rings (SSSR count). The fourth-order valence-electron chi connectivity index (χ4n) is 1.84. The van der Waals surface area contributed by atoms with Crippen LogP contribution in [0.5, 0.6) is 11.8 Å². The van der Waals surface area contributed by atoms with Gasteiger partial charge in [0.15, 0.2) is 0 Å². The van der Waals surface area contributed by atoms with Crippen LogP contribution in [-0.2, 0) is 6.54 Å². The standard InChI is InChI=1S/C12H14INO2/c13-7-3-4-8-14-11(15)9-5-1-2-6-10(9)12(14)16/h1-2,5-6,15-16H,3-4,7-8H2. The molecule has 16 heavy (non-hydrogen) atoms. The van der Waals surface area contributed by atoms with E-state index >= 15 is 0 Å². The van der Waals surface area contributed by atoms with Crippen LogP contribution in [0.3, 0.4) is 0 Å². The van der Waals surface area contributed by atoms with Gasteiger partial charge < -0.3 is 10.2 Å². The molecule has 0 unspecified atom stereocenters. The molecular formula is C12H14INO2. The number of nitrogens with zero attached hydrogens (tertiary/aromatic N) is 1. The molecule has 4 heteroatoms. The van der Waals surface area contributed by atoms with Gasteiger partial charge in [0.2, 0.25) is 11.8 Å². The van der Waals surface area contributed by atoms with Gasteiger partial charge in [0.25, 0.3) is 0 Å². The molecule has 0 radical (unpaired) electrons. The Hall–Kier alpha value is -0.910. The molecule has 2 N–H and O–H groups in total. The minimum Gasteiger partial charge on any atom is -0.494 e. The average molecular weight is 331 g/mol. The first-order chi connectivity index (χ1) is 7.75. The lowest BCUT2D eigenvalue weighted by molar-refractivity contribution is 0.368. The number of hydrogen-bond donors (Lipinski definition) is 2. The quantitative estimate of drug-likeness (QED) is 0.513. The topological polar surface area (TPSA) is 45.4 Å². The van der Waals surface area contributed by atoms with E-state index in [4.69, 9.17) is 0 Å². The summed E-state index contributed by atoms with van der Waals surface area (Å²) in [7, 11) is 0. The molecule has 0 aliphatic carbocycles. The Morgan fingerprint density at radius 2 is 1.56 bits per heavy atom. The normalized spacial score (nSPS) is 11.1. The van der Waals surface area contributed by atoms with Crippen LogP contribution in [0, 0.1) is 0 Å². The highest BCUT2D eigenvalue weighted by Gasteiger charge is 2.14. The first-order valence-electron chi connectivity index (χ1n) is 5.31. The fraction of sp³-hybridized carbons (Fsp3) is 0.333. The van der Waals surface area contributed by atoms with Crippen LogP contribution in [-0.4, -0.2) is 19.2 Å². The Morgan fingerprint density at radius 3 is 2.06 bits per heavy atom. The van der Waals surface area contributed by atoms with Crippen molar-refractivity contribution in [3.05, 3.63) is 24.3 Å². The number of aromatic nitrogens is 1. The Kier molecular flexibility index (Phi) is 3.58. The third kappa shape index (κ3) is 1.98. The van der Waals surface area contributed by atoms with E-state index < -0.39 is 0 Å². The van der Waals surface area contributed by atoms with E-state index in [2.05, 4.69) is 22.6 Å². The zero-order chi connectivity index (χ0) is 11.5. The largest absolute Gasteiger partial charge is 0.494 e. The summed E-state index contributed by atoms with van der Waals surface area (Å²) in [6.45, 7) is 0.662. The third-order valence-electron chi connectivity index (χ3n) is 2.69. The SMILES string of the molecule is Oc1c2ccccc2c(O)n1CCCCI. The summed E-state index contributed by atoms with van der Waals surface area (Å²) in [6, 6.07) is 7.35. The van der Waals surface area contributed by atoms with Crippen molar-refractivity contribution in [2.24, 2.45) is 0 Å². The summed E-state index contributed by atoms with van der Waals surface area (Å²) < 4.78 is 2.68. The second-order valence-corrected chi connectivity index (χ2v) is 4.82. The van der Waals surface area contributed by atoms with Crippen LogP contribution < -0.4 is 0 Å². The summed E-state index contributed by atoms with van der Waals surface area (Å²) >= 11 is 2.33. The van der Waals surface area contributed by atoms with Gasteiger partial charge in [-0.25, -0.2) is 0 Å². The monoisotopic (exact) mass is 331 g/mol. The summed E-state index contributed by atoms with van der Waals surface area (Å²) in [6.07, 6.45) is 2.05. The van der Waals surface area contributed by atoms with E-state index in [1.54, 1.807) is 4.57 Å². The van der Waals surface area contributed by atoms with E-state index in [9.17, 15) is 10.2 Å². The zero-order valence-corrected chi connectivity index (χ0v) is 11.0. The molecule has 0 bridgehead atoms. The van der Waals surface area contributed by atoms with E-state index in [0.29, 0.717) is 6.54 Å². The van der Waals surface area contributed by atoms with Crippen molar-refractivity contribution in [2.45, 2.75) is 19.4 Å². The van der Waals surface area contributed by atoms with Gasteiger partial charge in [-0.3, -0.25) is 4.57 Å². The minimum absolute atomic E-state index is 0.168. The molecule has 1 heterocycles. The number of aromatic hydroxyl groups is 2. The molecule has 3 nitrogen and oxygen atoms in total. The number of halogens is 1. The van der Waals surface area contributed by atoms with Crippen molar-refractivity contribution < 1.29 is 10.2 Å². The average Bonchev–Trinajstić information content (AvgIpc) is 2.55. The van der Waals surface area contributed by atoms with Crippen LogP contribution in [0.15, 0.2) is 24.3 Å². The number of unbranched alkanes of at least 4 members (excludes halogenated alkanes) is 1.